The summed E-state index contributed by atoms with van der Waals surface area (Å²) < 4.78 is 28.3. The third-order valence-corrected chi connectivity index (χ3v) is 2.68. The molecule has 0 bridgehead atoms. The first-order valence-corrected chi connectivity index (χ1v) is 5.07. The maximum atomic E-state index is 11.8. The van der Waals surface area contributed by atoms with Crippen molar-refractivity contribution in [3.05, 3.63) is 22.2 Å². The molecule has 2 heterocycles. The van der Waals surface area contributed by atoms with Crippen LogP contribution < -0.4 is 11.4 Å². The Morgan fingerprint density at radius 3 is 3.18 bits per heavy atom. The molecule has 7 heteroatoms. The van der Waals surface area contributed by atoms with Gasteiger partial charge in [0.25, 0.3) is 0 Å². The first-order chi connectivity index (χ1) is 9.24. The monoisotopic (exact) mass is 244 g/mol. The highest BCUT2D eigenvalue weighted by molar-refractivity contribution is 5.35. The number of hydrogen-bond donors (Lipinski definition) is 3. The quantitative estimate of drug-likeness (QED) is 0.601. The lowest BCUT2D eigenvalue weighted by Gasteiger charge is -2.15. The molecule has 3 atom stereocenters. The van der Waals surface area contributed by atoms with Crippen molar-refractivity contribution in [1.29, 1.82) is 0 Å². The fourth-order valence-corrected chi connectivity index (χ4v) is 1.74. The Morgan fingerprint density at radius 2 is 2.59 bits per heavy atom. The smallest absolute Gasteiger partial charge is 0.351 e. The average Bonchev–Trinajstić information content (AvgIpc) is 2.68. The highest BCUT2D eigenvalue weighted by Crippen LogP contribution is 2.27. The van der Waals surface area contributed by atoms with Gasteiger partial charge in [0.1, 0.15) is 18.1 Å². The molecule has 1 fully saturated rings. The molecule has 0 aliphatic carbocycles. The van der Waals surface area contributed by atoms with Crippen molar-refractivity contribution in [2.75, 3.05) is 12.3 Å². The molecular weight excluding hydrogens is 226 g/mol. The molecule has 2 rings (SSSR count). The van der Waals surface area contributed by atoms with Gasteiger partial charge in [-0.3, -0.25) is 4.57 Å². The zero-order chi connectivity index (χ0) is 15.1. The standard InChI is InChI=1S/C10H15N3O4/c1-5-3-13(10(16)12-9(5)11)8-2-6(15)7(4-14)17-8/h3,6-8,14-15H,2,4H2,1H3,(H2,11,12,16)/t6-,7+,8+/m0/s1/i1D3. The minimum atomic E-state index is -2.51. The number of anilines is 1. The lowest BCUT2D eigenvalue weighted by molar-refractivity contribution is -0.0459. The van der Waals surface area contributed by atoms with Crippen molar-refractivity contribution >= 4 is 5.82 Å². The Labute approximate surface area is 102 Å². The number of nitrogen functional groups attached to an aromatic ring is 1. The van der Waals surface area contributed by atoms with E-state index >= 15 is 0 Å². The van der Waals surface area contributed by atoms with Crippen LogP contribution in [-0.4, -0.2) is 38.6 Å². The molecule has 1 aromatic rings. The number of hydrogen-bond acceptors (Lipinski definition) is 6. The molecule has 7 nitrogen and oxygen atoms in total. The maximum Gasteiger partial charge on any atom is 0.351 e. The summed E-state index contributed by atoms with van der Waals surface area (Å²) in [5.74, 6) is -0.358. The molecule has 1 aliphatic rings. The van der Waals surface area contributed by atoms with Crippen LogP contribution in [0.2, 0.25) is 0 Å². The topological polar surface area (TPSA) is 111 Å². The first kappa shape index (κ1) is 8.62. The van der Waals surface area contributed by atoms with Crippen LogP contribution in [0, 0.1) is 6.85 Å². The van der Waals surface area contributed by atoms with Gasteiger partial charge in [-0.05, 0) is 6.85 Å². The normalized spacial score (nSPS) is 31.9. The van der Waals surface area contributed by atoms with Gasteiger partial charge in [0.05, 0.1) is 12.7 Å². The Bertz CT molecular complexity index is 560. The van der Waals surface area contributed by atoms with Crippen LogP contribution in [0.4, 0.5) is 5.82 Å². The number of aromatic nitrogens is 2. The van der Waals surface area contributed by atoms with Crippen molar-refractivity contribution in [3.8, 4) is 0 Å². The van der Waals surface area contributed by atoms with E-state index in [0.29, 0.717) is 0 Å². The number of rotatable bonds is 2. The SMILES string of the molecule is [2H]C([2H])([2H])c1cn([C@H]2C[C@H](O)[C@@H](CO)O2)c(=O)nc1N. The fourth-order valence-electron chi connectivity index (χ4n) is 1.74. The predicted molar refractivity (Wildman–Crippen MR) is 59.3 cm³/mol. The van der Waals surface area contributed by atoms with Gasteiger partial charge in [-0.2, -0.15) is 4.98 Å². The summed E-state index contributed by atoms with van der Waals surface area (Å²) in [6.45, 7) is -2.92. The van der Waals surface area contributed by atoms with Crippen molar-refractivity contribution in [1.82, 2.24) is 9.55 Å². The highest BCUT2D eigenvalue weighted by atomic mass is 16.5. The summed E-state index contributed by atoms with van der Waals surface area (Å²) >= 11 is 0. The molecule has 4 N–H and O–H groups in total. The highest BCUT2D eigenvalue weighted by Gasteiger charge is 2.35. The van der Waals surface area contributed by atoms with Crippen LogP contribution in [0.25, 0.3) is 0 Å². The van der Waals surface area contributed by atoms with Gasteiger partial charge < -0.3 is 20.7 Å². The van der Waals surface area contributed by atoms with E-state index in [0.717, 1.165) is 10.8 Å². The Balaban J connectivity index is 2.41. The Kier molecular flexibility index (Phi) is 2.25. The number of aliphatic hydroxyl groups is 2. The van der Waals surface area contributed by atoms with Gasteiger partial charge in [-0.1, -0.05) is 0 Å². The van der Waals surface area contributed by atoms with Gasteiger partial charge in [0.15, 0.2) is 0 Å². The second-order valence-corrected chi connectivity index (χ2v) is 3.84. The van der Waals surface area contributed by atoms with Crippen molar-refractivity contribution in [3.63, 3.8) is 0 Å². The van der Waals surface area contributed by atoms with E-state index in [-0.39, 0.29) is 17.8 Å². The maximum absolute atomic E-state index is 11.8. The zero-order valence-electron chi connectivity index (χ0n) is 11.9. The molecule has 94 valence electrons. The molecule has 0 radical (unpaired) electrons. The van der Waals surface area contributed by atoms with Crippen LogP contribution in [0.3, 0.4) is 0 Å². The van der Waals surface area contributed by atoms with Gasteiger partial charge >= 0.3 is 5.69 Å². The van der Waals surface area contributed by atoms with Crippen LogP contribution in [0.5, 0.6) is 0 Å². The third-order valence-electron chi connectivity index (χ3n) is 2.68. The third kappa shape index (κ3) is 2.17. The Morgan fingerprint density at radius 1 is 1.82 bits per heavy atom. The number of ether oxygens (including phenoxy) is 1. The van der Waals surface area contributed by atoms with E-state index in [1.54, 1.807) is 0 Å². The van der Waals surface area contributed by atoms with E-state index in [1.165, 1.54) is 0 Å². The molecule has 1 aliphatic heterocycles. The fraction of sp³-hybridized carbons (Fsp3) is 0.600. The molecule has 1 saturated heterocycles. The van der Waals surface area contributed by atoms with Crippen molar-refractivity contribution in [2.45, 2.75) is 31.7 Å². The van der Waals surface area contributed by atoms with E-state index in [4.69, 9.17) is 19.7 Å². The average molecular weight is 244 g/mol. The molecule has 0 amide bonds. The van der Waals surface area contributed by atoms with Crippen molar-refractivity contribution in [2.24, 2.45) is 0 Å². The lowest BCUT2D eigenvalue weighted by Crippen LogP contribution is -2.28. The molecule has 1 aromatic heterocycles. The molecular formula is C10H15N3O4. The zero-order valence-corrected chi connectivity index (χ0v) is 8.91. The van der Waals surface area contributed by atoms with Crippen LogP contribution in [0.1, 0.15) is 22.3 Å². The van der Waals surface area contributed by atoms with E-state index in [1.807, 2.05) is 0 Å². The predicted octanol–water partition coefficient (Wildman–Crippen LogP) is -1.23. The summed E-state index contributed by atoms with van der Waals surface area (Å²) in [7, 11) is 0. The second-order valence-electron chi connectivity index (χ2n) is 3.84. The van der Waals surface area contributed by atoms with Crippen molar-refractivity contribution < 1.29 is 19.1 Å². The minimum absolute atomic E-state index is 0.0527. The molecule has 0 aromatic carbocycles. The van der Waals surface area contributed by atoms with E-state index < -0.39 is 37.6 Å². The minimum Gasteiger partial charge on any atom is -0.394 e. The van der Waals surface area contributed by atoms with E-state index in [9.17, 15) is 9.90 Å². The summed E-state index contributed by atoms with van der Waals surface area (Å²) in [6, 6.07) is 0. The van der Waals surface area contributed by atoms with Gasteiger partial charge in [0, 0.05) is 22.3 Å². The van der Waals surface area contributed by atoms with Gasteiger partial charge in [-0.15, -0.1) is 0 Å². The number of nitrogens with zero attached hydrogens (tertiary/aromatic N) is 2. The number of aliphatic hydroxyl groups excluding tert-OH is 2. The summed E-state index contributed by atoms with van der Waals surface area (Å²) in [4.78, 5) is 15.2. The summed E-state index contributed by atoms with van der Waals surface area (Å²) in [5.41, 5.74) is 4.41. The first-order valence-electron chi connectivity index (χ1n) is 6.57. The lowest BCUT2D eigenvalue weighted by atomic mass is 10.2. The van der Waals surface area contributed by atoms with Crippen LogP contribution in [-0.2, 0) is 4.74 Å². The molecule has 0 spiro atoms. The van der Waals surface area contributed by atoms with Gasteiger partial charge in [0.2, 0.25) is 0 Å². The van der Waals surface area contributed by atoms with Gasteiger partial charge in [-0.25, -0.2) is 4.79 Å². The summed E-state index contributed by atoms with van der Waals surface area (Å²) in [5, 5.41) is 18.6. The second kappa shape index (κ2) is 4.44. The summed E-state index contributed by atoms with van der Waals surface area (Å²) in [6.07, 6.45) is -1.53. The van der Waals surface area contributed by atoms with Crippen LogP contribution in [0.15, 0.2) is 11.0 Å². The number of aryl methyl sites for hydroxylation is 1. The number of nitrogens with two attached hydrogens (primary N) is 1. The van der Waals surface area contributed by atoms with Crippen LogP contribution >= 0.6 is 0 Å². The largest absolute Gasteiger partial charge is 0.394 e. The Hall–Kier alpha value is -1.44. The molecule has 0 unspecified atom stereocenters. The molecule has 0 saturated carbocycles. The van der Waals surface area contributed by atoms with E-state index in [2.05, 4.69) is 4.98 Å². The molecule has 17 heavy (non-hydrogen) atoms.